The Balaban J connectivity index is 1.39. The normalized spacial score (nSPS) is 19.5. The van der Waals surface area contributed by atoms with Crippen LogP contribution in [0.3, 0.4) is 0 Å². The molecule has 2 aliphatic carbocycles. The summed E-state index contributed by atoms with van der Waals surface area (Å²) in [6.45, 7) is 1.86. The van der Waals surface area contributed by atoms with Crippen molar-refractivity contribution in [2.24, 2.45) is 5.92 Å². The Labute approximate surface area is 165 Å². The van der Waals surface area contributed by atoms with Crippen LogP contribution in [0, 0.1) is 5.92 Å². The first-order valence-corrected chi connectivity index (χ1v) is 11.5. The highest BCUT2D eigenvalue weighted by atomic mass is 32.2. The maximum absolute atomic E-state index is 12.7. The van der Waals surface area contributed by atoms with E-state index >= 15 is 0 Å². The number of aromatic amines is 1. The molecule has 3 aliphatic rings. The van der Waals surface area contributed by atoms with Gasteiger partial charge in [-0.05, 0) is 73.7 Å². The van der Waals surface area contributed by atoms with Crippen molar-refractivity contribution in [3.8, 4) is 0 Å². The van der Waals surface area contributed by atoms with Crippen LogP contribution in [-0.4, -0.2) is 54.6 Å². The van der Waals surface area contributed by atoms with Crippen molar-refractivity contribution in [1.29, 1.82) is 0 Å². The molecule has 1 aliphatic heterocycles. The third-order valence-electron chi connectivity index (χ3n) is 6.18. The van der Waals surface area contributed by atoms with Crippen LogP contribution in [0.2, 0.25) is 0 Å². The number of H-pyrrole nitrogens is 1. The Bertz CT molecular complexity index is 977. The third-order valence-corrected chi connectivity index (χ3v) is 7.82. The van der Waals surface area contributed by atoms with Crippen molar-refractivity contribution in [1.82, 2.24) is 24.8 Å². The predicted octanol–water partition coefficient (Wildman–Crippen LogP) is 1.37. The number of hydrogen-bond acceptors (Lipinski definition) is 6. The van der Waals surface area contributed by atoms with Crippen LogP contribution in [0.1, 0.15) is 35.1 Å². The lowest BCUT2D eigenvalue weighted by Crippen LogP contribution is -2.52. The molecule has 28 heavy (non-hydrogen) atoms. The summed E-state index contributed by atoms with van der Waals surface area (Å²) in [4.78, 5) is 4.28. The number of sulfonamides is 1. The Morgan fingerprint density at radius 2 is 1.82 bits per heavy atom. The lowest BCUT2D eigenvalue weighted by Gasteiger charge is -2.37. The molecule has 1 saturated heterocycles. The van der Waals surface area contributed by atoms with Crippen molar-refractivity contribution >= 4 is 21.7 Å². The molecule has 2 aromatic rings. The average molecular weight is 403 g/mol. The molecule has 1 fully saturated rings. The summed E-state index contributed by atoms with van der Waals surface area (Å²) >= 11 is 0. The van der Waals surface area contributed by atoms with Crippen molar-refractivity contribution in [2.45, 2.75) is 43.7 Å². The van der Waals surface area contributed by atoms with Gasteiger partial charge in [-0.1, -0.05) is 6.07 Å². The van der Waals surface area contributed by atoms with E-state index in [4.69, 9.17) is 0 Å². The summed E-state index contributed by atoms with van der Waals surface area (Å²) < 4.78 is 27.0. The number of hydrogen-bond donors (Lipinski definition) is 3. The van der Waals surface area contributed by atoms with Gasteiger partial charge in [0, 0.05) is 25.3 Å². The molecule has 150 valence electrons. The number of aryl methyl sites for hydroxylation is 2. The van der Waals surface area contributed by atoms with E-state index in [2.05, 4.69) is 31.9 Å². The third kappa shape index (κ3) is 2.92. The highest BCUT2D eigenvalue weighted by Crippen LogP contribution is 2.39. The molecular weight excluding hydrogens is 376 g/mol. The first kappa shape index (κ1) is 18.1. The lowest BCUT2D eigenvalue weighted by molar-refractivity contribution is 0.198. The SMILES string of the molecule is CNCC1CN(S(=O)(=O)c2nc(Nc3c4c(cc5c3CCC5)CCC4)n[nH]2)C1. The maximum atomic E-state index is 12.7. The molecule has 0 spiro atoms. The number of anilines is 2. The molecule has 0 radical (unpaired) electrons. The number of fused-ring (bicyclic) bond motifs is 2. The lowest BCUT2D eigenvalue weighted by atomic mass is 9.99. The van der Waals surface area contributed by atoms with Crippen LogP contribution >= 0.6 is 0 Å². The van der Waals surface area contributed by atoms with Crippen LogP contribution in [0.25, 0.3) is 0 Å². The summed E-state index contributed by atoms with van der Waals surface area (Å²) in [7, 11) is -1.73. The molecule has 0 bridgehead atoms. The Kier molecular flexibility index (Phi) is 4.41. The molecule has 1 aromatic heterocycles. The van der Waals surface area contributed by atoms with Crippen molar-refractivity contribution in [2.75, 3.05) is 32.0 Å². The number of rotatable bonds is 6. The molecule has 8 nitrogen and oxygen atoms in total. The van der Waals surface area contributed by atoms with Gasteiger partial charge >= 0.3 is 0 Å². The number of aromatic nitrogens is 3. The molecule has 0 unspecified atom stereocenters. The minimum Gasteiger partial charge on any atom is -0.322 e. The Hall–Kier alpha value is -1.97. The zero-order chi connectivity index (χ0) is 19.3. The molecule has 2 heterocycles. The van der Waals surface area contributed by atoms with Gasteiger partial charge < -0.3 is 10.6 Å². The van der Waals surface area contributed by atoms with Crippen LogP contribution in [-0.2, 0) is 35.7 Å². The van der Waals surface area contributed by atoms with E-state index in [0.717, 1.165) is 37.9 Å². The van der Waals surface area contributed by atoms with Gasteiger partial charge in [-0.3, -0.25) is 0 Å². The van der Waals surface area contributed by atoms with Crippen molar-refractivity contribution in [3.05, 3.63) is 28.3 Å². The molecular formula is C19H26N6O2S. The van der Waals surface area contributed by atoms with Crippen LogP contribution < -0.4 is 10.6 Å². The molecule has 1 aromatic carbocycles. The molecule has 0 saturated carbocycles. The Morgan fingerprint density at radius 3 is 2.46 bits per heavy atom. The molecule has 5 rings (SSSR count). The van der Waals surface area contributed by atoms with Crippen molar-refractivity contribution < 1.29 is 8.42 Å². The van der Waals surface area contributed by atoms with E-state index in [-0.39, 0.29) is 5.16 Å². The van der Waals surface area contributed by atoms with Gasteiger partial charge in [-0.25, -0.2) is 13.5 Å². The fourth-order valence-corrected chi connectivity index (χ4v) is 6.18. The predicted molar refractivity (Wildman–Crippen MR) is 106 cm³/mol. The van der Waals surface area contributed by atoms with Crippen molar-refractivity contribution in [3.63, 3.8) is 0 Å². The van der Waals surface area contributed by atoms with Crippen LogP contribution in [0.4, 0.5) is 11.6 Å². The van der Waals surface area contributed by atoms with Crippen LogP contribution in [0.5, 0.6) is 0 Å². The largest absolute Gasteiger partial charge is 0.322 e. The van der Waals surface area contributed by atoms with E-state index in [9.17, 15) is 8.42 Å². The Morgan fingerprint density at radius 1 is 1.14 bits per heavy atom. The summed E-state index contributed by atoms with van der Waals surface area (Å²) in [5, 5.41) is 13.1. The minimum atomic E-state index is -3.61. The topological polar surface area (TPSA) is 103 Å². The van der Waals surface area contributed by atoms with Gasteiger partial charge in [0.2, 0.25) is 5.95 Å². The fourth-order valence-electron chi connectivity index (χ4n) is 4.76. The van der Waals surface area contributed by atoms with E-state index in [1.807, 2.05) is 7.05 Å². The van der Waals surface area contributed by atoms with Gasteiger partial charge in [0.05, 0.1) is 0 Å². The van der Waals surface area contributed by atoms with Gasteiger partial charge in [0.15, 0.2) is 0 Å². The molecule has 0 amide bonds. The quantitative estimate of drug-likeness (QED) is 0.674. The first-order valence-electron chi connectivity index (χ1n) is 10.1. The smallest absolute Gasteiger partial charge is 0.278 e. The van der Waals surface area contributed by atoms with E-state index < -0.39 is 10.0 Å². The number of benzene rings is 1. The summed E-state index contributed by atoms with van der Waals surface area (Å²) in [5.74, 6) is 0.690. The summed E-state index contributed by atoms with van der Waals surface area (Å²) in [5.41, 5.74) is 6.66. The second-order valence-electron chi connectivity index (χ2n) is 8.07. The highest BCUT2D eigenvalue weighted by molar-refractivity contribution is 7.89. The van der Waals surface area contributed by atoms with Gasteiger partial charge in [-0.15, -0.1) is 5.10 Å². The van der Waals surface area contributed by atoms with Crippen LogP contribution in [0.15, 0.2) is 11.2 Å². The zero-order valence-corrected chi connectivity index (χ0v) is 16.9. The molecule has 0 atom stereocenters. The monoisotopic (exact) mass is 402 g/mol. The fraction of sp³-hybridized carbons (Fsp3) is 0.579. The summed E-state index contributed by atoms with van der Waals surface area (Å²) in [6, 6.07) is 2.37. The second kappa shape index (κ2) is 6.82. The van der Waals surface area contributed by atoms with Gasteiger partial charge in [0.1, 0.15) is 0 Å². The molecule has 3 N–H and O–H groups in total. The second-order valence-corrected chi connectivity index (χ2v) is 9.92. The van der Waals surface area contributed by atoms with Gasteiger partial charge in [-0.2, -0.15) is 9.29 Å². The summed E-state index contributed by atoms with van der Waals surface area (Å²) in [6.07, 6.45) is 6.69. The van der Waals surface area contributed by atoms with E-state index in [1.54, 1.807) is 0 Å². The first-order chi connectivity index (χ1) is 13.6. The standard InChI is InChI=1S/C19H26N6O2S/c1-20-9-12-10-25(11-12)28(26,27)19-22-18(23-24-19)21-17-15-6-2-4-13(15)8-14-5-3-7-16(14)17/h8,12,20H,2-7,9-11H2,1H3,(H2,21,22,23,24). The number of nitrogens with one attached hydrogen (secondary N) is 3. The average Bonchev–Trinajstić information content (AvgIpc) is 3.36. The molecule has 9 heteroatoms. The number of nitrogens with zero attached hydrogens (tertiary/aromatic N) is 3. The maximum Gasteiger partial charge on any atom is 0.278 e. The van der Waals surface area contributed by atoms with E-state index in [0.29, 0.717) is 25.0 Å². The highest BCUT2D eigenvalue weighted by Gasteiger charge is 2.38. The zero-order valence-electron chi connectivity index (χ0n) is 16.1. The van der Waals surface area contributed by atoms with Gasteiger partial charge in [0.25, 0.3) is 15.2 Å². The minimum absolute atomic E-state index is 0.0814. The van der Waals surface area contributed by atoms with E-state index in [1.165, 1.54) is 39.4 Å².